The molecule has 0 bridgehead atoms. The maximum absolute atomic E-state index is 11.9. The van der Waals surface area contributed by atoms with Crippen LogP contribution in [-0.4, -0.2) is 25.8 Å². The van der Waals surface area contributed by atoms with Crippen LogP contribution >= 0.6 is 0 Å². The van der Waals surface area contributed by atoms with Crippen molar-refractivity contribution in [2.45, 2.75) is 57.0 Å². The van der Waals surface area contributed by atoms with E-state index in [0.29, 0.717) is 23.5 Å². The van der Waals surface area contributed by atoms with Crippen molar-refractivity contribution < 1.29 is 10.2 Å². The summed E-state index contributed by atoms with van der Waals surface area (Å²) in [7, 11) is 0. The number of fused-ring (bicyclic) bond motifs is 5. The number of aromatic hydroxyl groups is 1. The molecule has 4 heteroatoms. The number of aryl methyl sites for hydroxylation is 1. The summed E-state index contributed by atoms with van der Waals surface area (Å²) in [6.45, 7) is 2.32. The van der Waals surface area contributed by atoms with Crippen LogP contribution in [0.1, 0.15) is 61.6 Å². The maximum atomic E-state index is 11.9. The van der Waals surface area contributed by atoms with Gasteiger partial charge in [0, 0.05) is 17.8 Å². The first-order valence-corrected chi connectivity index (χ1v) is 12.6. The van der Waals surface area contributed by atoms with Crippen LogP contribution < -0.4 is 0 Å². The summed E-state index contributed by atoms with van der Waals surface area (Å²) < 4.78 is 0. The summed E-state index contributed by atoms with van der Waals surface area (Å²) in [5.41, 5.74) is 4.57. The number of phenols is 1. The number of aliphatic hydroxyl groups is 1. The van der Waals surface area contributed by atoms with Gasteiger partial charge in [-0.1, -0.05) is 37.3 Å². The van der Waals surface area contributed by atoms with Gasteiger partial charge in [-0.3, -0.25) is 9.97 Å². The van der Waals surface area contributed by atoms with Gasteiger partial charge in [0.05, 0.1) is 17.0 Å². The fraction of sp³-hybridized carbons (Fsp3) is 0.400. The van der Waals surface area contributed by atoms with Gasteiger partial charge in [0.1, 0.15) is 5.75 Å². The molecule has 0 spiro atoms. The van der Waals surface area contributed by atoms with Crippen LogP contribution in [0.15, 0.2) is 67.0 Å². The molecule has 3 aliphatic rings. The average Bonchev–Trinajstić information content (AvgIpc) is 3.14. The lowest BCUT2D eigenvalue weighted by atomic mass is 9.53. The second-order valence-electron chi connectivity index (χ2n) is 10.7. The Bertz CT molecular complexity index is 1220. The highest BCUT2D eigenvalue weighted by Crippen LogP contribution is 2.64. The van der Waals surface area contributed by atoms with Gasteiger partial charge in [0.25, 0.3) is 0 Å². The molecule has 2 saturated carbocycles. The van der Waals surface area contributed by atoms with E-state index < -0.39 is 5.60 Å². The third-order valence-electron chi connectivity index (χ3n) is 9.19. The van der Waals surface area contributed by atoms with Crippen molar-refractivity contribution in [1.82, 2.24) is 9.97 Å². The van der Waals surface area contributed by atoms with E-state index in [9.17, 15) is 10.2 Å². The van der Waals surface area contributed by atoms with Crippen molar-refractivity contribution in [1.29, 1.82) is 0 Å². The van der Waals surface area contributed by atoms with E-state index in [4.69, 9.17) is 0 Å². The zero-order chi connectivity index (χ0) is 23.3. The fourth-order valence-electron chi connectivity index (χ4n) is 7.30. The van der Waals surface area contributed by atoms with Gasteiger partial charge in [-0.05, 0) is 103 Å². The largest absolute Gasteiger partial charge is 0.508 e. The fourth-order valence-corrected chi connectivity index (χ4v) is 7.30. The van der Waals surface area contributed by atoms with E-state index in [-0.39, 0.29) is 5.41 Å². The third kappa shape index (κ3) is 3.39. The van der Waals surface area contributed by atoms with Crippen molar-refractivity contribution in [3.63, 3.8) is 0 Å². The SMILES string of the molecule is C[C@]12CCC3c4ccc(O)cc4CCC3C1CC[C@@]2(O)/C=C/c1ccc(-c2ccccn2)nc1. The summed E-state index contributed by atoms with van der Waals surface area (Å²) in [5, 5.41) is 21.8. The van der Waals surface area contributed by atoms with Crippen LogP contribution in [0.2, 0.25) is 0 Å². The lowest BCUT2D eigenvalue weighted by Gasteiger charge is -2.52. The van der Waals surface area contributed by atoms with Crippen LogP contribution in [0.3, 0.4) is 0 Å². The molecule has 6 rings (SSSR count). The first-order valence-electron chi connectivity index (χ1n) is 12.6. The molecule has 3 aliphatic carbocycles. The first kappa shape index (κ1) is 21.5. The normalized spacial score (nSPS) is 32.2. The molecule has 4 nitrogen and oxygen atoms in total. The lowest BCUT2D eigenvalue weighted by molar-refractivity contribution is -0.0705. The summed E-state index contributed by atoms with van der Waals surface area (Å²) in [4.78, 5) is 8.96. The van der Waals surface area contributed by atoms with Gasteiger partial charge in [0.2, 0.25) is 0 Å². The number of pyridine rings is 2. The van der Waals surface area contributed by atoms with Gasteiger partial charge >= 0.3 is 0 Å². The second kappa shape index (κ2) is 8.06. The Hall–Kier alpha value is -2.98. The minimum Gasteiger partial charge on any atom is -0.508 e. The molecule has 2 fully saturated rings. The molecular weight excluding hydrogens is 420 g/mol. The Labute approximate surface area is 201 Å². The van der Waals surface area contributed by atoms with Crippen LogP contribution in [0, 0.1) is 17.3 Å². The highest BCUT2D eigenvalue weighted by atomic mass is 16.3. The third-order valence-corrected chi connectivity index (χ3v) is 9.19. The average molecular weight is 453 g/mol. The number of rotatable bonds is 3. The second-order valence-corrected chi connectivity index (χ2v) is 10.7. The molecule has 1 aromatic carbocycles. The Balaban J connectivity index is 1.23. The van der Waals surface area contributed by atoms with Crippen LogP contribution in [0.5, 0.6) is 5.75 Å². The van der Waals surface area contributed by atoms with Crippen molar-refractivity contribution >= 4 is 6.08 Å². The Morgan fingerprint density at radius 1 is 0.971 bits per heavy atom. The summed E-state index contributed by atoms with van der Waals surface area (Å²) in [6.07, 6.45) is 13.9. The zero-order valence-electron chi connectivity index (χ0n) is 19.7. The van der Waals surface area contributed by atoms with Crippen LogP contribution in [0.25, 0.3) is 17.5 Å². The van der Waals surface area contributed by atoms with E-state index in [1.807, 2.05) is 48.7 Å². The predicted octanol–water partition coefficient (Wildman–Crippen LogP) is 6.15. The molecule has 0 aliphatic heterocycles. The highest BCUT2D eigenvalue weighted by molar-refractivity contribution is 5.58. The van der Waals surface area contributed by atoms with Crippen LogP contribution in [0.4, 0.5) is 0 Å². The quantitative estimate of drug-likeness (QED) is 0.500. The zero-order valence-corrected chi connectivity index (χ0v) is 19.7. The molecule has 0 saturated heterocycles. The summed E-state index contributed by atoms with van der Waals surface area (Å²) in [5.74, 6) is 2.06. The summed E-state index contributed by atoms with van der Waals surface area (Å²) in [6, 6.07) is 15.8. The van der Waals surface area contributed by atoms with Crippen LogP contribution in [-0.2, 0) is 6.42 Å². The number of nitrogens with zero attached hydrogens (tertiary/aromatic N) is 2. The monoisotopic (exact) mass is 452 g/mol. The lowest BCUT2D eigenvalue weighted by Crippen LogP contribution is -2.49. The number of hydrogen-bond acceptors (Lipinski definition) is 4. The van der Waals surface area contributed by atoms with Crippen molar-refractivity contribution in [2.24, 2.45) is 17.3 Å². The predicted molar refractivity (Wildman–Crippen MR) is 134 cm³/mol. The number of benzene rings is 1. The Kier molecular flexibility index (Phi) is 5.11. The smallest absolute Gasteiger partial charge is 0.115 e. The molecule has 3 unspecified atom stereocenters. The molecule has 0 amide bonds. The number of phenolic OH excluding ortho intramolecular Hbond substituents is 1. The van der Waals surface area contributed by atoms with Crippen molar-refractivity contribution in [2.75, 3.05) is 0 Å². The molecule has 3 aromatic rings. The molecular formula is C30H32N2O2. The molecule has 174 valence electrons. The molecule has 34 heavy (non-hydrogen) atoms. The van der Waals surface area contributed by atoms with E-state index in [2.05, 4.69) is 35.1 Å². The van der Waals surface area contributed by atoms with E-state index >= 15 is 0 Å². The van der Waals surface area contributed by atoms with Gasteiger partial charge in [-0.25, -0.2) is 0 Å². The van der Waals surface area contributed by atoms with E-state index in [1.54, 1.807) is 6.20 Å². The van der Waals surface area contributed by atoms with Gasteiger partial charge in [-0.2, -0.15) is 0 Å². The molecule has 2 heterocycles. The van der Waals surface area contributed by atoms with E-state index in [0.717, 1.165) is 55.5 Å². The minimum absolute atomic E-state index is 0.111. The van der Waals surface area contributed by atoms with Crippen molar-refractivity contribution in [3.05, 3.63) is 83.7 Å². The molecule has 0 radical (unpaired) electrons. The number of hydrogen-bond donors (Lipinski definition) is 2. The van der Waals surface area contributed by atoms with Gasteiger partial charge < -0.3 is 10.2 Å². The van der Waals surface area contributed by atoms with Crippen molar-refractivity contribution in [3.8, 4) is 17.1 Å². The summed E-state index contributed by atoms with van der Waals surface area (Å²) >= 11 is 0. The first-order chi connectivity index (χ1) is 16.5. The minimum atomic E-state index is -0.794. The topological polar surface area (TPSA) is 66.2 Å². The molecule has 2 N–H and O–H groups in total. The standard InChI is InChI=1S/C30H32N2O2/c1-29-14-12-24-23-9-7-22(33)18-21(23)6-8-25(24)26(29)13-16-30(29,34)15-11-20-5-10-28(32-19-20)27-4-2-3-17-31-27/h2-5,7,9-11,15,17-19,24-26,33-34H,6,8,12-14,16H2,1H3/b15-11+/t24?,25?,26?,29-,30-/m0/s1. The highest BCUT2D eigenvalue weighted by Gasteiger charge is 2.60. The Morgan fingerprint density at radius 2 is 1.85 bits per heavy atom. The maximum Gasteiger partial charge on any atom is 0.115 e. The Morgan fingerprint density at radius 3 is 2.65 bits per heavy atom. The van der Waals surface area contributed by atoms with Gasteiger partial charge in [-0.15, -0.1) is 0 Å². The van der Waals surface area contributed by atoms with Gasteiger partial charge in [0.15, 0.2) is 0 Å². The number of aromatic nitrogens is 2. The molecule has 5 atom stereocenters. The van der Waals surface area contributed by atoms with E-state index in [1.165, 1.54) is 11.1 Å². The molecule has 2 aromatic heterocycles.